The van der Waals surface area contributed by atoms with Crippen molar-refractivity contribution in [1.82, 2.24) is 20.2 Å². The Kier molecular flexibility index (Phi) is 6.18. The van der Waals surface area contributed by atoms with Crippen LogP contribution >= 0.6 is 0 Å². The van der Waals surface area contributed by atoms with Crippen LogP contribution in [0.15, 0.2) is 36.7 Å². The van der Waals surface area contributed by atoms with Gasteiger partial charge in [0.15, 0.2) is 0 Å². The molecule has 1 aliphatic heterocycles. The lowest BCUT2D eigenvalue weighted by Gasteiger charge is -2.36. The molecule has 0 spiro atoms. The highest BCUT2D eigenvalue weighted by Gasteiger charge is 2.18. The van der Waals surface area contributed by atoms with Crippen LogP contribution in [0.5, 0.6) is 0 Å². The molecular weight excluding hydrogens is 342 g/mol. The van der Waals surface area contributed by atoms with E-state index in [9.17, 15) is 4.79 Å². The highest BCUT2D eigenvalue weighted by Crippen LogP contribution is 2.17. The van der Waals surface area contributed by atoms with Crippen molar-refractivity contribution in [2.45, 2.75) is 13.5 Å². The summed E-state index contributed by atoms with van der Waals surface area (Å²) in [5, 5.41) is 14.3. The molecule has 27 heavy (non-hydrogen) atoms. The second-order valence-electron chi connectivity index (χ2n) is 6.31. The first-order valence-electron chi connectivity index (χ1n) is 9.01. The van der Waals surface area contributed by atoms with Gasteiger partial charge in [0, 0.05) is 45.5 Å². The number of hydrogen-bond acceptors (Lipinski definition) is 6. The van der Waals surface area contributed by atoms with Crippen molar-refractivity contribution >= 4 is 17.5 Å². The number of nitrogens with zero attached hydrogens (tertiary/aromatic N) is 5. The zero-order chi connectivity index (χ0) is 19.1. The normalized spacial score (nSPS) is 14.4. The van der Waals surface area contributed by atoms with E-state index in [-0.39, 0.29) is 6.03 Å². The molecule has 0 bridgehead atoms. The van der Waals surface area contributed by atoms with E-state index in [4.69, 9.17) is 5.26 Å². The van der Waals surface area contributed by atoms with Crippen molar-refractivity contribution in [2.24, 2.45) is 0 Å². The molecule has 2 aromatic heterocycles. The summed E-state index contributed by atoms with van der Waals surface area (Å²) < 4.78 is 0. The summed E-state index contributed by atoms with van der Waals surface area (Å²) in [5.41, 5.74) is 2.60. The van der Waals surface area contributed by atoms with Gasteiger partial charge in [0.1, 0.15) is 17.6 Å². The molecule has 0 aliphatic carbocycles. The Morgan fingerprint density at radius 3 is 2.70 bits per heavy atom. The molecule has 140 valence electrons. The van der Waals surface area contributed by atoms with Crippen molar-refractivity contribution in [2.75, 3.05) is 42.9 Å². The lowest BCUT2D eigenvalue weighted by atomic mass is 10.2. The van der Waals surface area contributed by atoms with Gasteiger partial charge >= 0.3 is 6.03 Å². The number of urea groups is 1. The maximum absolute atomic E-state index is 11.6. The van der Waals surface area contributed by atoms with Crippen LogP contribution in [0.25, 0.3) is 0 Å². The van der Waals surface area contributed by atoms with Gasteiger partial charge in [0.25, 0.3) is 0 Å². The maximum atomic E-state index is 11.6. The number of rotatable bonds is 5. The number of carbonyl (C=O) groups is 1. The van der Waals surface area contributed by atoms with E-state index < -0.39 is 0 Å². The number of anilines is 2. The molecule has 0 radical (unpaired) electrons. The van der Waals surface area contributed by atoms with Crippen LogP contribution in [0.3, 0.4) is 0 Å². The summed E-state index contributed by atoms with van der Waals surface area (Å²) in [4.78, 5) is 24.6. The molecule has 0 unspecified atom stereocenters. The van der Waals surface area contributed by atoms with E-state index in [0.717, 1.165) is 44.0 Å². The standard InChI is InChI=1S/C19H23N7O/c1-2-21-19(27)24-18-11-15(5-6-22-18)14-25-7-9-26(10-8-25)17-4-3-16(12-20)23-13-17/h3-6,11,13H,2,7-10,14H2,1H3,(H2,21,22,24,27). The zero-order valence-corrected chi connectivity index (χ0v) is 15.4. The Hall–Kier alpha value is -3.18. The summed E-state index contributed by atoms with van der Waals surface area (Å²) in [7, 11) is 0. The van der Waals surface area contributed by atoms with E-state index in [1.165, 1.54) is 0 Å². The van der Waals surface area contributed by atoms with Crippen molar-refractivity contribution in [3.8, 4) is 6.07 Å². The molecule has 2 aromatic rings. The van der Waals surface area contributed by atoms with Gasteiger partial charge in [-0.1, -0.05) is 0 Å². The van der Waals surface area contributed by atoms with Crippen molar-refractivity contribution in [1.29, 1.82) is 5.26 Å². The quantitative estimate of drug-likeness (QED) is 0.839. The van der Waals surface area contributed by atoms with Crippen LogP contribution in [0, 0.1) is 11.3 Å². The third kappa shape index (κ3) is 5.15. The van der Waals surface area contributed by atoms with Gasteiger partial charge in [0.2, 0.25) is 0 Å². The minimum Gasteiger partial charge on any atom is -0.368 e. The number of nitrogens with one attached hydrogen (secondary N) is 2. The topological polar surface area (TPSA) is 97.2 Å². The van der Waals surface area contributed by atoms with E-state index >= 15 is 0 Å². The van der Waals surface area contributed by atoms with Crippen LogP contribution < -0.4 is 15.5 Å². The fourth-order valence-electron chi connectivity index (χ4n) is 3.02. The third-order valence-electron chi connectivity index (χ3n) is 4.41. The molecule has 1 saturated heterocycles. The molecule has 0 atom stereocenters. The molecule has 2 amide bonds. The van der Waals surface area contributed by atoms with Gasteiger partial charge in [-0.3, -0.25) is 10.2 Å². The zero-order valence-electron chi connectivity index (χ0n) is 15.4. The van der Waals surface area contributed by atoms with E-state index in [1.54, 1.807) is 18.5 Å². The SMILES string of the molecule is CCNC(=O)Nc1cc(CN2CCN(c3ccc(C#N)nc3)CC2)ccn1. The second kappa shape index (κ2) is 8.96. The Labute approximate surface area is 158 Å². The van der Waals surface area contributed by atoms with Crippen LogP contribution in [0.4, 0.5) is 16.3 Å². The second-order valence-corrected chi connectivity index (χ2v) is 6.31. The largest absolute Gasteiger partial charge is 0.368 e. The van der Waals surface area contributed by atoms with Gasteiger partial charge in [-0.05, 0) is 36.8 Å². The number of carbonyl (C=O) groups excluding carboxylic acids is 1. The Bertz CT molecular complexity index is 808. The minimum atomic E-state index is -0.244. The van der Waals surface area contributed by atoms with E-state index in [2.05, 4.69) is 30.4 Å². The molecule has 0 aromatic carbocycles. The molecule has 1 fully saturated rings. The van der Waals surface area contributed by atoms with E-state index in [1.807, 2.05) is 31.2 Å². The van der Waals surface area contributed by atoms with Gasteiger partial charge in [0.05, 0.1) is 11.9 Å². The predicted octanol–water partition coefficient (Wildman–Crippen LogP) is 1.81. The van der Waals surface area contributed by atoms with Gasteiger partial charge in [-0.2, -0.15) is 5.26 Å². The average molecular weight is 365 g/mol. The first-order chi connectivity index (χ1) is 13.2. The number of hydrogen-bond donors (Lipinski definition) is 2. The number of piperazine rings is 1. The number of aromatic nitrogens is 2. The fraction of sp³-hybridized carbons (Fsp3) is 0.368. The molecule has 1 aliphatic rings. The maximum Gasteiger partial charge on any atom is 0.320 e. The van der Waals surface area contributed by atoms with E-state index in [0.29, 0.717) is 18.1 Å². The third-order valence-corrected chi connectivity index (χ3v) is 4.41. The van der Waals surface area contributed by atoms with Crippen LogP contribution in [0.2, 0.25) is 0 Å². The molecule has 2 N–H and O–H groups in total. The van der Waals surface area contributed by atoms with Crippen molar-refractivity contribution in [3.63, 3.8) is 0 Å². The number of pyridine rings is 2. The first kappa shape index (κ1) is 18.6. The highest BCUT2D eigenvalue weighted by molar-refractivity contribution is 5.88. The summed E-state index contributed by atoms with van der Waals surface area (Å²) in [5.74, 6) is 0.556. The van der Waals surface area contributed by atoms with Crippen LogP contribution in [-0.4, -0.2) is 53.6 Å². The smallest absolute Gasteiger partial charge is 0.320 e. The van der Waals surface area contributed by atoms with Crippen molar-refractivity contribution in [3.05, 3.63) is 47.9 Å². The molecule has 0 saturated carbocycles. The monoisotopic (exact) mass is 365 g/mol. The Balaban J connectivity index is 1.53. The molecule has 3 heterocycles. The summed E-state index contributed by atoms with van der Waals surface area (Å²) in [6.07, 6.45) is 3.48. The Morgan fingerprint density at radius 1 is 1.22 bits per heavy atom. The summed E-state index contributed by atoms with van der Waals surface area (Å²) >= 11 is 0. The molecule has 8 heteroatoms. The van der Waals surface area contributed by atoms with Crippen LogP contribution in [0.1, 0.15) is 18.2 Å². The number of nitriles is 1. The highest BCUT2D eigenvalue weighted by atomic mass is 16.2. The molecular formula is C19H23N7O. The van der Waals surface area contributed by atoms with Gasteiger partial charge < -0.3 is 10.2 Å². The van der Waals surface area contributed by atoms with Gasteiger partial charge in [-0.25, -0.2) is 14.8 Å². The molecule has 3 rings (SSSR count). The Morgan fingerprint density at radius 2 is 2.04 bits per heavy atom. The minimum absolute atomic E-state index is 0.244. The van der Waals surface area contributed by atoms with Gasteiger partial charge in [-0.15, -0.1) is 0 Å². The summed E-state index contributed by atoms with van der Waals surface area (Å²) in [6, 6.07) is 9.38. The molecule has 8 nitrogen and oxygen atoms in total. The predicted molar refractivity (Wildman–Crippen MR) is 103 cm³/mol. The lowest BCUT2D eigenvalue weighted by molar-refractivity contribution is 0.249. The fourth-order valence-corrected chi connectivity index (χ4v) is 3.02. The lowest BCUT2D eigenvalue weighted by Crippen LogP contribution is -2.46. The first-order valence-corrected chi connectivity index (χ1v) is 9.01. The average Bonchev–Trinajstić information content (AvgIpc) is 2.69. The summed E-state index contributed by atoms with van der Waals surface area (Å²) in [6.45, 7) is 6.93. The van der Waals surface area contributed by atoms with Crippen molar-refractivity contribution < 1.29 is 4.79 Å². The number of amides is 2. The van der Waals surface area contributed by atoms with Crippen LogP contribution in [-0.2, 0) is 6.54 Å².